The molecule has 1 aliphatic heterocycles. The molecule has 3 aromatic rings. The van der Waals surface area contributed by atoms with E-state index in [-0.39, 0.29) is 11.9 Å². The Hall–Kier alpha value is -2.23. The second-order valence-electron chi connectivity index (χ2n) is 7.22. The van der Waals surface area contributed by atoms with Crippen LogP contribution in [0.25, 0.3) is 5.65 Å². The molecule has 29 heavy (non-hydrogen) atoms. The van der Waals surface area contributed by atoms with Gasteiger partial charge in [-0.3, -0.25) is 9.20 Å². The number of hydrogen-bond donors (Lipinski definition) is 1. The van der Waals surface area contributed by atoms with Gasteiger partial charge in [0.25, 0.3) is 15.9 Å². The average Bonchev–Trinajstić information content (AvgIpc) is 3.36. The zero-order valence-corrected chi connectivity index (χ0v) is 17.9. The number of hydrogen-bond acceptors (Lipinski definition) is 5. The monoisotopic (exact) mass is 432 g/mol. The highest BCUT2D eigenvalue weighted by Gasteiger charge is 2.33. The third-order valence-electron chi connectivity index (χ3n) is 5.31. The van der Waals surface area contributed by atoms with Crippen LogP contribution in [0, 0.1) is 6.92 Å². The molecule has 0 bridgehead atoms. The molecule has 4 heterocycles. The van der Waals surface area contributed by atoms with Gasteiger partial charge in [-0.2, -0.15) is 4.31 Å². The number of carbonyl (C=O) groups excluding carboxylic acids is 1. The summed E-state index contributed by atoms with van der Waals surface area (Å²) in [4.78, 5) is 17.2. The van der Waals surface area contributed by atoms with Crippen LogP contribution in [0.4, 0.5) is 0 Å². The van der Waals surface area contributed by atoms with E-state index in [0.29, 0.717) is 35.1 Å². The molecule has 1 saturated heterocycles. The molecule has 0 aliphatic carbocycles. The van der Waals surface area contributed by atoms with Gasteiger partial charge >= 0.3 is 0 Å². The Kier molecular flexibility index (Phi) is 5.71. The fourth-order valence-electron chi connectivity index (χ4n) is 3.93. The van der Waals surface area contributed by atoms with E-state index in [1.807, 2.05) is 31.3 Å². The molecule has 154 valence electrons. The summed E-state index contributed by atoms with van der Waals surface area (Å²) in [6.45, 7) is 2.77. The van der Waals surface area contributed by atoms with Gasteiger partial charge in [0.15, 0.2) is 0 Å². The van der Waals surface area contributed by atoms with Gasteiger partial charge in [0.05, 0.1) is 5.69 Å². The highest BCUT2D eigenvalue weighted by atomic mass is 32.2. The minimum Gasteiger partial charge on any atom is -0.351 e. The molecular formula is C20H24N4O3S2. The van der Waals surface area contributed by atoms with E-state index in [9.17, 15) is 13.2 Å². The number of pyridine rings is 1. The van der Waals surface area contributed by atoms with E-state index in [2.05, 4.69) is 10.3 Å². The summed E-state index contributed by atoms with van der Waals surface area (Å²) < 4.78 is 29.7. The molecule has 0 spiro atoms. The van der Waals surface area contributed by atoms with E-state index in [1.165, 1.54) is 11.3 Å². The number of carbonyl (C=O) groups is 1. The van der Waals surface area contributed by atoms with Gasteiger partial charge in [0, 0.05) is 25.3 Å². The molecule has 0 radical (unpaired) electrons. The largest absolute Gasteiger partial charge is 0.351 e. The first-order valence-corrected chi connectivity index (χ1v) is 12.1. The summed E-state index contributed by atoms with van der Waals surface area (Å²) in [7, 11) is -3.47. The fourth-order valence-corrected chi connectivity index (χ4v) is 6.77. The molecule has 1 aliphatic rings. The topological polar surface area (TPSA) is 83.8 Å². The average molecular weight is 433 g/mol. The van der Waals surface area contributed by atoms with Crippen LogP contribution in [0.1, 0.15) is 41.9 Å². The SMILES string of the molecule is Cc1nc2ccccn2c1C(=O)NCC[C@H]1CCCCN1S(=O)(=O)c1cccs1. The maximum atomic E-state index is 13.0. The zero-order valence-electron chi connectivity index (χ0n) is 16.2. The highest BCUT2D eigenvalue weighted by Crippen LogP contribution is 2.29. The van der Waals surface area contributed by atoms with Gasteiger partial charge in [-0.15, -0.1) is 11.3 Å². The normalized spacial score (nSPS) is 18.2. The van der Waals surface area contributed by atoms with Crippen molar-refractivity contribution in [2.75, 3.05) is 13.1 Å². The molecule has 9 heteroatoms. The predicted molar refractivity (Wildman–Crippen MR) is 113 cm³/mol. The second kappa shape index (κ2) is 8.25. The Labute approximate surface area is 174 Å². The molecule has 0 unspecified atom stereocenters. The Morgan fingerprint density at radius 3 is 2.93 bits per heavy atom. The molecule has 7 nitrogen and oxygen atoms in total. The molecule has 1 atom stereocenters. The number of amides is 1. The first-order valence-electron chi connectivity index (χ1n) is 9.76. The lowest BCUT2D eigenvalue weighted by Crippen LogP contribution is -2.45. The Balaban J connectivity index is 1.44. The molecule has 3 aromatic heterocycles. The fraction of sp³-hybridized carbons (Fsp3) is 0.400. The molecule has 0 aromatic carbocycles. The number of nitrogens with zero attached hydrogens (tertiary/aromatic N) is 3. The van der Waals surface area contributed by atoms with Gasteiger partial charge in [-0.1, -0.05) is 18.6 Å². The lowest BCUT2D eigenvalue weighted by atomic mass is 10.0. The van der Waals surface area contributed by atoms with E-state index in [4.69, 9.17) is 0 Å². The quantitative estimate of drug-likeness (QED) is 0.649. The number of thiophene rings is 1. The minimum atomic E-state index is -3.47. The zero-order chi connectivity index (χ0) is 20.4. The number of nitrogens with one attached hydrogen (secondary N) is 1. The van der Waals surface area contributed by atoms with Gasteiger partial charge in [-0.25, -0.2) is 13.4 Å². The van der Waals surface area contributed by atoms with Crippen LogP contribution in [0.3, 0.4) is 0 Å². The third kappa shape index (κ3) is 3.94. The van der Waals surface area contributed by atoms with Crippen molar-refractivity contribution in [3.8, 4) is 0 Å². The van der Waals surface area contributed by atoms with Crippen LogP contribution in [-0.4, -0.2) is 47.1 Å². The maximum Gasteiger partial charge on any atom is 0.270 e. The highest BCUT2D eigenvalue weighted by molar-refractivity contribution is 7.91. The summed E-state index contributed by atoms with van der Waals surface area (Å²) >= 11 is 1.25. The van der Waals surface area contributed by atoms with E-state index in [0.717, 1.165) is 24.9 Å². The lowest BCUT2D eigenvalue weighted by Gasteiger charge is -2.34. The number of rotatable bonds is 6. The van der Waals surface area contributed by atoms with Gasteiger partial charge in [0.1, 0.15) is 15.6 Å². The van der Waals surface area contributed by atoms with Gasteiger partial charge < -0.3 is 5.32 Å². The molecule has 1 fully saturated rings. The Bertz CT molecular complexity index is 1110. The Morgan fingerprint density at radius 2 is 2.14 bits per heavy atom. The van der Waals surface area contributed by atoms with Gasteiger partial charge in [-0.05, 0) is 49.8 Å². The first-order chi connectivity index (χ1) is 14.0. The summed E-state index contributed by atoms with van der Waals surface area (Å²) in [5.74, 6) is -0.190. The summed E-state index contributed by atoms with van der Waals surface area (Å²) in [5, 5.41) is 4.74. The van der Waals surface area contributed by atoms with Crippen molar-refractivity contribution in [1.29, 1.82) is 0 Å². The number of aromatic nitrogens is 2. The maximum absolute atomic E-state index is 13.0. The van der Waals surface area contributed by atoms with Crippen molar-refractivity contribution in [3.63, 3.8) is 0 Å². The summed E-state index contributed by atoms with van der Waals surface area (Å²) in [5.41, 5.74) is 1.93. The van der Waals surface area contributed by atoms with Crippen LogP contribution in [0.5, 0.6) is 0 Å². The first kappa shape index (κ1) is 20.1. The van der Waals surface area contributed by atoms with Crippen LogP contribution in [-0.2, 0) is 10.0 Å². The van der Waals surface area contributed by atoms with Crippen molar-refractivity contribution in [2.24, 2.45) is 0 Å². The van der Waals surface area contributed by atoms with E-state index < -0.39 is 10.0 Å². The van der Waals surface area contributed by atoms with Crippen LogP contribution >= 0.6 is 11.3 Å². The standard InChI is InChI=1S/C20H24N4O3S2/c1-15-19(23-12-4-3-8-17(23)22-15)20(25)21-11-10-16-7-2-5-13-24(16)29(26,27)18-9-6-14-28-18/h3-4,6,8-9,12,14,16H,2,5,7,10-11,13H2,1H3,(H,21,25)/t16-/m1/s1. The third-order valence-corrected chi connectivity index (χ3v) is 8.64. The van der Waals surface area contributed by atoms with Crippen LogP contribution in [0.15, 0.2) is 46.1 Å². The van der Waals surface area contributed by atoms with Crippen LogP contribution in [0.2, 0.25) is 0 Å². The predicted octanol–water partition coefficient (Wildman–Crippen LogP) is 3.07. The lowest BCUT2D eigenvalue weighted by molar-refractivity contribution is 0.0943. The summed E-state index contributed by atoms with van der Waals surface area (Å²) in [6, 6.07) is 8.92. The molecular weight excluding hydrogens is 408 g/mol. The smallest absolute Gasteiger partial charge is 0.270 e. The molecule has 4 rings (SSSR count). The number of aryl methyl sites for hydroxylation is 1. The number of sulfonamides is 1. The minimum absolute atomic E-state index is 0.0977. The number of fused-ring (bicyclic) bond motifs is 1. The molecule has 1 N–H and O–H groups in total. The van der Waals surface area contributed by atoms with E-state index in [1.54, 1.807) is 26.2 Å². The van der Waals surface area contributed by atoms with Crippen molar-refractivity contribution in [3.05, 3.63) is 53.3 Å². The molecule has 0 saturated carbocycles. The van der Waals surface area contributed by atoms with Crippen molar-refractivity contribution in [2.45, 2.75) is 42.9 Å². The van der Waals surface area contributed by atoms with Crippen molar-refractivity contribution < 1.29 is 13.2 Å². The second-order valence-corrected chi connectivity index (χ2v) is 10.3. The number of imidazole rings is 1. The van der Waals surface area contributed by atoms with Crippen molar-refractivity contribution >= 4 is 32.9 Å². The summed E-state index contributed by atoms with van der Waals surface area (Å²) in [6.07, 6.45) is 5.10. The van der Waals surface area contributed by atoms with E-state index >= 15 is 0 Å². The van der Waals surface area contributed by atoms with Crippen LogP contribution < -0.4 is 5.32 Å². The van der Waals surface area contributed by atoms with Gasteiger partial charge in [0.2, 0.25) is 0 Å². The van der Waals surface area contributed by atoms with Crippen molar-refractivity contribution in [1.82, 2.24) is 19.0 Å². The molecule has 1 amide bonds. The number of piperidine rings is 1. The Morgan fingerprint density at radius 1 is 1.28 bits per heavy atom.